The van der Waals surface area contributed by atoms with E-state index >= 15 is 0 Å². The monoisotopic (exact) mass is 229 g/mol. The van der Waals surface area contributed by atoms with Crippen LogP contribution in [0.4, 0.5) is 0 Å². The Kier molecular flexibility index (Phi) is 8.04. The van der Waals surface area contributed by atoms with E-state index in [0.717, 1.165) is 25.5 Å². The standard InChI is InChI=1S/C14H31NO/c1-12(2)7-8-13(3)15-11-14(4,5)9-10-16-6/h12-13,15H,7-11H2,1-6H3. The smallest absolute Gasteiger partial charge is 0.0467 e. The maximum atomic E-state index is 5.14. The van der Waals surface area contributed by atoms with Crippen molar-refractivity contribution in [3.63, 3.8) is 0 Å². The van der Waals surface area contributed by atoms with E-state index in [-0.39, 0.29) is 0 Å². The molecule has 0 fully saturated rings. The molecular weight excluding hydrogens is 198 g/mol. The summed E-state index contributed by atoms with van der Waals surface area (Å²) >= 11 is 0. The highest BCUT2D eigenvalue weighted by Gasteiger charge is 2.18. The molecule has 0 saturated heterocycles. The molecule has 0 rings (SSSR count). The molecule has 1 unspecified atom stereocenters. The zero-order valence-corrected chi connectivity index (χ0v) is 12.1. The minimum absolute atomic E-state index is 0.335. The van der Waals surface area contributed by atoms with Crippen LogP contribution in [0.15, 0.2) is 0 Å². The number of nitrogens with one attached hydrogen (secondary N) is 1. The summed E-state index contributed by atoms with van der Waals surface area (Å²) in [6.07, 6.45) is 3.71. The van der Waals surface area contributed by atoms with Crippen LogP contribution in [0.3, 0.4) is 0 Å². The van der Waals surface area contributed by atoms with E-state index in [1.54, 1.807) is 7.11 Å². The molecule has 2 heteroatoms. The van der Waals surface area contributed by atoms with Crippen molar-refractivity contribution in [3.05, 3.63) is 0 Å². The lowest BCUT2D eigenvalue weighted by Gasteiger charge is -2.27. The van der Waals surface area contributed by atoms with E-state index in [0.29, 0.717) is 11.5 Å². The second kappa shape index (κ2) is 8.08. The highest BCUT2D eigenvalue weighted by atomic mass is 16.5. The van der Waals surface area contributed by atoms with Gasteiger partial charge in [-0.05, 0) is 37.5 Å². The van der Waals surface area contributed by atoms with Gasteiger partial charge in [-0.1, -0.05) is 27.7 Å². The molecule has 16 heavy (non-hydrogen) atoms. The van der Waals surface area contributed by atoms with Crippen LogP contribution in [0.1, 0.15) is 53.9 Å². The van der Waals surface area contributed by atoms with Crippen molar-refractivity contribution >= 4 is 0 Å². The molecule has 1 N–H and O–H groups in total. The molecule has 0 heterocycles. The van der Waals surface area contributed by atoms with Gasteiger partial charge in [-0.15, -0.1) is 0 Å². The molecule has 0 amide bonds. The van der Waals surface area contributed by atoms with Gasteiger partial charge < -0.3 is 10.1 Å². The van der Waals surface area contributed by atoms with Gasteiger partial charge in [0.1, 0.15) is 0 Å². The first-order chi connectivity index (χ1) is 7.37. The number of methoxy groups -OCH3 is 1. The maximum Gasteiger partial charge on any atom is 0.0467 e. The van der Waals surface area contributed by atoms with Gasteiger partial charge in [-0.2, -0.15) is 0 Å². The second-order valence-electron chi connectivity index (χ2n) is 6.16. The minimum atomic E-state index is 0.335. The summed E-state index contributed by atoms with van der Waals surface area (Å²) in [6, 6.07) is 0.629. The Morgan fingerprint density at radius 3 is 2.25 bits per heavy atom. The Morgan fingerprint density at radius 1 is 1.12 bits per heavy atom. The molecule has 0 radical (unpaired) electrons. The summed E-state index contributed by atoms with van der Waals surface area (Å²) in [5, 5.41) is 3.63. The Morgan fingerprint density at radius 2 is 1.75 bits per heavy atom. The van der Waals surface area contributed by atoms with Crippen molar-refractivity contribution in [1.29, 1.82) is 0 Å². The van der Waals surface area contributed by atoms with Gasteiger partial charge in [-0.3, -0.25) is 0 Å². The molecule has 1 atom stereocenters. The van der Waals surface area contributed by atoms with Crippen molar-refractivity contribution in [3.8, 4) is 0 Å². The van der Waals surface area contributed by atoms with E-state index < -0.39 is 0 Å². The van der Waals surface area contributed by atoms with E-state index in [1.165, 1.54) is 12.8 Å². The predicted octanol–water partition coefficient (Wildman–Crippen LogP) is 3.46. The SMILES string of the molecule is COCCC(C)(C)CNC(C)CCC(C)C. The third-order valence-corrected chi connectivity index (χ3v) is 3.09. The van der Waals surface area contributed by atoms with Crippen LogP contribution in [-0.4, -0.2) is 26.3 Å². The Bertz CT molecular complexity index is 166. The molecule has 2 nitrogen and oxygen atoms in total. The van der Waals surface area contributed by atoms with Crippen LogP contribution in [0.5, 0.6) is 0 Å². The highest BCUT2D eigenvalue weighted by Crippen LogP contribution is 2.19. The molecule has 0 spiro atoms. The third kappa shape index (κ3) is 9.17. The largest absolute Gasteiger partial charge is 0.385 e. The van der Waals surface area contributed by atoms with Crippen molar-refractivity contribution in [1.82, 2.24) is 5.32 Å². The first-order valence-electron chi connectivity index (χ1n) is 6.59. The maximum absolute atomic E-state index is 5.14. The van der Waals surface area contributed by atoms with Gasteiger partial charge in [0.05, 0.1) is 0 Å². The molecule has 0 aromatic rings. The average molecular weight is 229 g/mol. The van der Waals surface area contributed by atoms with E-state index in [2.05, 4.69) is 39.9 Å². The molecule has 0 bridgehead atoms. The summed E-state index contributed by atoms with van der Waals surface area (Å²) in [4.78, 5) is 0. The van der Waals surface area contributed by atoms with Gasteiger partial charge in [0.15, 0.2) is 0 Å². The molecule has 0 aliphatic carbocycles. The van der Waals surface area contributed by atoms with Crippen LogP contribution in [-0.2, 0) is 4.74 Å². The summed E-state index contributed by atoms with van der Waals surface area (Å²) in [5.41, 5.74) is 0.335. The zero-order chi connectivity index (χ0) is 12.6. The second-order valence-corrected chi connectivity index (χ2v) is 6.16. The first-order valence-corrected chi connectivity index (χ1v) is 6.59. The Balaban J connectivity index is 3.67. The van der Waals surface area contributed by atoms with Gasteiger partial charge in [0.25, 0.3) is 0 Å². The molecule has 0 aromatic carbocycles. The quantitative estimate of drug-likeness (QED) is 0.654. The van der Waals surface area contributed by atoms with Crippen LogP contribution < -0.4 is 5.32 Å². The van der Waals surface area contributed by atoms with Gasteiger partial charge >= 0.3 is 0 Å². The van der Waals surface area contributed by atoms with Crippen LogP contribution >= 0.6 is 0 Å². The summed E-state index contributed by atoms with van der Waals surface area (Å²) < 4.78 is 5.14. The highest BCUT2D eigenvalue weighted by molar-refractivity contribution is 4.74. The number of rotatable bonds is 9. The van der Waals surface area contributed by atoms with Gasteiger partial charge in [0.2, 0.25) is 0 Å². The number of hydrogen-bond donors (Lipinski definition) is 1. The summed E-state index contributed by atoms with van der Waals surface area (Å²) in [7, 11) is 1.77. The van der Waals surface area contributed by atoms with Gasteiger partial charge in [0, 0.05) is 26.3 Å². The van der Waals surface area contributed by atoms with E-state index in [1.807, 2.05) is 0 Å². The van der Waals surface area contributed by atoms with Crippen molar-refractivity contribution in [2.45, 2.75) is 59.9 Å². The lowest BCUT2D eigenvalue weighted by Crippen LogP contribution is -2.36. The number of ether oxygens (including phenoxy) is 1. The van der Waals surface area contributed by atoms with Crippen molar-refractivity contribution in [2.75, 3.05) is 20.3 Å². The van der Waals surface area contributed by atoms with E-state index in [9.17, 15) is 0 Å². The topological polar surface area (TPSA) is 21.3 Å². The van der Waals surface area contributed by atoms with Crippen LogP contribution in [0.2, 0.25) is 0 Å². The fraction of sp³-hybridized carbons (Fsp3) is 1.00. The molecule has 0 aliphatic heterocycles. The molecule has 0 aliphatic rings. The first kappa shape index (κ1) is 15.9. The fourth-order valence-corrected chi connectivity index (χ4v) is 1.60. The molecular formula is C14H31NO. The molecule has 0 aromatic heterocycles. The van der Waals surface area contributed by atoms with Crippen LogP contribution in [0.25, 0.3) is 0 Å². The van der Waals surface area contributed by atoms with Crippen LogP contribution in [0, 0.1) is 11.3 Å². The summed E-state index contributed by atoms with van der Waals surface area (Å²) in [5.74, 6) is 0.811. The average Bonchev–Trinajstić information content (AvgIpc) is 2.21. The molecule has 98 valence electrons. The van der Waals surface area contributed by atoms with Gasteiger partial charge in [-0.25, -0.2) is 0 Å². The fourth-order valence-electron chi connectivity index (χ4n) is 1.60. The Labute approximate surface area is 102 Å². The number of hydrogen-bond acceptors (Lipinski definition) is 2. The van der Waals surface area contributed by atoms with Crippen molar-refractivity contribution in [2.24, 2.45) is 11.3 Å². The minimum Gasteiger partial charge on any atom is -0.385 e. The summed E-state index contributed by atoms with van der Waals surface area (Å²) in [6.45, 7) is 13.4. The lowest BCUT2D eigenvalue weighted by atomic mass is 9.89. The lowest BCUT2D eigenvalue weighted by molar-refractivity contribution is 0.149. The third-order valence-electron chi connectivity index (χ3n) is 3.09. The predicted molar refractivity (Wildman–Crippen MR) is 71.8 cm³/mol. The zero-order valence-electron chi connectivity index (χ0n) is 12.1. The Hall–Kier alpha value is -0.0800. The van der Waals surface area contributed by atoms with E-state index in [4.69, 9.17) is 4.74 Å². The normalized spacial score (nSPS) is 14.4. The van der Waals surface area contributed by atoms with Crippen molar-refractivity contribution < 1.29 is 4.74 Å². The molecule has 0 saturated carbocycles.